The summed E-state index contributed by atoms with van der Waals surface area (Å²) in [5.41, 5.74) is 2.86. The number of benzene rings is 1. The van der Waals surface area contributed by atoms with Crippen LogP contribution in [0.5, 0.6) is 0 Å². The van der Waals surface area contributed by atoms with Gasteiger partial charge in [-0.15, -0.1) is 0 Å². The molecular formula is C24H26ClFN8O2S. The summed E-state index contributed by atoms with van der Waals surface area (Å²) < 4.78 is 42.8. The van der Waals surface area contributed by atoms with Crippen LogP contribution in [0.25, 0.3) is 16.9 Å². The molecule has 1 aromatic carbocycles. The van der Waals surface area contributed by atoms with Crippen molar-refractivity contribution in [3.63, 3.8) is 0 Å². The van der Waals surface area contributed by atoms with Crippen LogP contribution in [0.15, 0.2) is 36.8 Å². The minimum absolute atomic E-state index is 0.155. The molecule has 13 heteroatoms. The smallest absolute Gasteiger partial charge is 0.223 e. The van der Waals surface area contributed by atoms with E-state index in [4.69, 9.17) is 11.6 Å². The molecular weight excluding hydrogens is 519 g/mol. The van der Waals surface area contributed by atoms with Gasteiger partial charge in [-0.2, -0.15) is 14.7 Å². The van der Waals surface area contributed by atoms with Gasteiger partial charge in [-0.25, -0.2) is 27.5 Å². The summed E-state index contributed by atoms with van der Waals surface area (Å²) in [5, 5.41) is 20.2. The van der Waals surface area contributed by atoms with Crippen molar-refractivity contribution in [1.82, 2.24) is 29.4 Å². The first-order valence-corrected chi connectivity index (χ1v) is 13.8. The molecule has 1 saturated heterocycles. The van der Waals surface area contributed by atoms with E-state index in [-0.39, 0.29) is 36.3 Å². The van der Waals surface area contributed by atoms with E-state index in [1.807, 2.05) is 25.2 Å². The molecule has 1 aliphatic heterocycles. The number of hydrogen-bond acceptors (Lipinski definition) is 8. The molecule has 10 nitrogen and oxygen atoms in total. The third kappa shape index (κ3) is 5.31. The summed E-state index contributed by atoms with van der Waals surface area (Å²) in [5.74, 6) is 0.155. The van der Waals surface area contributed by atoms with Gasteiger partial charge in [0, 0.05) is 31.4 Å². The first-order chi connectivity index (χ1) is 17.8. The highest BCUT2D eigenvalue weighted by Crippen LogP contribution is 2.33. The second kappa shape index (κ2) is 10.3. The SMILES string of the molecule is CNCc1ccc(-n2cc(-c3nc(N[C@H]4CCN(S(=O)(=O)C5CC5)C[C@H]4F)ncc3C#N)cn2)c(Cl)c1. The van der Waals surface area contributed by atoms with E-state index < -0.39 is 22.2 Å². The summed E-state index contributed by atoms with van der Waals surface area (Å²) >= 11 is 6.47. The van der Waals surface area contributed by atoms with Crippen LogP contribution < -0.4 is 10.6 Å². The van der Waals surface area contributed by atoms with Gasteiger partial charge < -0.3 is 10.6 Å². The number of alkyl halides is 1. The van der Waals surface area contributed by atoms with E-state index in [1.165, 1.54) is 10.5 Å². The third-order valence-electron chi connectivity index (χ3n) is 6.53. The molecule has 2 atom stereocenters. The first-order valence-electron chi connectivity index (χ1n) is 12.0. The largest absolute Gasteiger partial charge is 0.348 e. The van der Waals surface area contributed by atoms with Crippen LogP contribution in [0.2, 0.25) is 5.02 Å². The van der Waals surface area contributed by atoms with Crippen LogP contribution >= 0.6 is 11.6 Å². The number of hydrogen-bond donors (Lipinski definition) is 2. The Morgan fingerprint density at radius 2 is 2.08 bits per heavy atom. The number of nitriles is 1. The molecule has 37 heavy (non-hydrogen) atoms. The van der Waals surface area contributed by atoms with Gasteiger partial charge >= 0.3 is 0 Å². The molecule has 0 bridgehead atoms. The average Bonchev–Trinajstić information content (AvgIpc) is 3.64. The van der Waals surface area contributed by atoms with Gasteiger partial charge in [-0.1, -0.05) is 17.7 Å². The zero-order valence-corrected chi connectivity index (χ0v) is 21.7. The maximum absolute atomic E-state index is 15.0. The molecule has 0 unspecified atom stereocenters. The average molecular weight is 545 g/mol. The predicted octanol–water partition coefficient (Wildman–Crippen LogP) is 2.89. The van der Waals surface area contributed by atoms with Crippen LogP contribution in [-0.2, 0) is 16.6 Å². The van der Waals surface area contributed by atoms with Gasteiger partial charge in [0.05, 0.1) is 45.7 Å². The number of rotatable bonds is 8. The molecule has 0 radical (unpaired) electrons. The quantitative estimate of drug-likeness (QED) is 0.443. The number of halogens is 2. The predicted molar refractivity (Wildman–Crippen MR) is 138 cm³/mol. The molecule has 194 valence electrons. The number of piperidine rings is 1. The first kappa shape index (κ1) is 25.5. The monoisotopic (exact) mass is 544 g/mol. The Bertz CT molecular complexity index is 1450. The van der Waals surface area contributed by atoms with E-state index in [0.717, 1.165) is 5.56 Å². The molecule has 5 rings (SSSR count). The molecule has 1 saturated carbocycles. The molecule has 3 heterocycles. The fourth-order valence-electron chi connectivity index (χ4n) is 4.39. The summed E-state index contributed by atoms with van der Waals surface area (Å²) in [7, 11) is -1.57. The third-order valence-corrected chi connectivity index (χ3v) is 9.20. The maximum Gasteiger partial charge on any atom is 0.223 e. The van der Waals surface area contributed by atoms with E-state index in [1.54, 1.807) is 17.1 Å². The van der Waals surface area contributed by atoms with Crippen molar-refractivity contribution in [1.29, 1.82) is 5.26 Å². The second-order valence-electron chi connectivity index (χ2n) is 9.22. The number of sulfonamides is 1. The number of nitrogens with zero attached hydrogens (tertiary/aromatic N) is 6. The van der Waals surface area contributed by atoms with Crippen molar-refractivity contribution in [2.45, 2.75) is 43.3 Å². The molecule has 2 N–H and O–H groups in total. The van der Waals surface area contributed by atoms with E-state index in [0.29, 0.717) is 41.4 Å². The summed E-state index contributed by atoms with van der Waals surface area (Å²) in [4.78, 5) is 8.66. The molecule has 2 aromatic heterocycles. The summed E-state index contributed by atoms with van der Waals surface area (Å²) in [6.45, 7) is 0.725. The Labute approximate surface area is 219 Å². The summed E-state index contributed by atoms with van der Waals surface area (Å²) in [6, 6.07) is 7.10. The normalized spacial score (nSPS) is 20.5. The number of nitrogens with one attached hydrogen (secondary N) is 2. The topological polar surface area (TPSA) is 129 Å². The summed E-state index contributed by atoms with van der Waals surface area (Å²) in [6.07, 6.45) is 4.82. The number of anilines is 1. The molecule has 2 fully saturated rings. The van der Waals surface area contributed by atoms with Gasteiger partial charge in [-0.3, -0.25) is 0 Å². The van der Waals surface area contributed by atoms with Gasteiger partial charge in [0.1, 0.15) is 12.2 Å². The fourth-order valence-corrected chi connectivity index (χ4v) is 6.55. The Morgan fingerprint density at radius 1 is 1.27 bits per heavy atom. The highest BCUT2D eigenvalue weighted by Gasteiger charge is 2.43. The zero-order valence-electron chi connectivity index (χ0n) is 20.1. The highest BCUT2D eigenvalue weighted by atomic mass is 35.5. The van der Waals surface area contributed by atoms with Gasteiger partial charge in [0.25, 0.3) is 0 Å². The Hall–Kier alpha value is -3.11. The Morgan fingerprint density at radius 3 is 2.76 bits per heavy atom. The van der Waals surface area contributed by atoms with E-state index in [2.05, 4.69) is 31.8 Å². The van der Waals surface area contributed by atoms with Crippen LogP contribution in [0.1, 0.15) is 30.4 Å². The molecule has 0 spiro atoms. The van der Waals surface area contributed by atoms with Crippen LogP contribution in [0, 0.1) is 11.3 Å². The van der Waals surface area contributed by atoms with Crippen molar-refractivity contribution in [3.8, 4) is 23.0 Å². The maximum atomic E-state index is 15.0. The van der Waals surface area contributed by atoms with Crippen LogP contribution in [0.4, 0.5) is 10.3 Å². The zero-order chi connectivity index (χ0) is 26.2. The van der Waals surface area contributed by atoms with E-state index in [9.17, 15) is 18.1 Å². The minimum Gasteiger partial charge on any atom is -0.348 e. The van der Waals surface area contributed by atoms with Gasteiger partial charge in [0.2, 0.25) is 16.0 Å². The second-order valence-corrected chi connectivity index (χ2v) is 11.8. The lowest BCUT2D eigenvalue weighted by Gasteiger charge is -2.34. The van der Waals surface area contributed by atoms with Crippen molar-refractivity contribution in [2.24, 2.45) is 0 Å². The molecule has 1 aliphatic carbocycles. The lowest BCUT2D eigenvalue weighted by Crippen LogP contribution is -2.50. The van der Waals surface area contributed by atoms with Gasteiger partial charge in [0.15, 0.2) is 0 Å². The molecule has 3 aromatic rings. The highest BCUT2D eigenvalue weighted by molar-refractivity contribution is 7.90. The standard InChI is InChI=1S/C24H26ClFN8O2S/c1-28-10-15-2-5-22(19(25)8-15)34-13-17(12-30-34)23-16(9-27)11-29-24(32-23)31-21-6-7-33(14-20(21)26)37(35,36)18-3-4-18/h2,5,8,11-13,18,20-21,28H,3-4,6-7,10,14H2,1H3,(H,29,31,32)/t20-,21+/m1/s1. The van der Waals surface area contributed by atoms with Crippen molar-refractivity contribution in [2.75, 3.05) is 25.5 Å². The van der Waals surface area contributed by atoms with E-state index >= 15 is 0 Å². The Kier molecular flexibility index (Phi) is 7.13. The lowest BCUT2D eigenvalue weighted by atomic mass is 10.1. The fraction of sp³-hybridized carbons (Fsp3) is 0.417. The molecule has 0 amide bonds. The lowest BCUT2D eigenvalue weighted by molar-refractivity contribution is 0.185. The van der Waals surface area contributed by atoms with Crippen LogP contribution in [0.3, 0.4) is 0 Å². The van der Waals surface area contributed by atoms with Crippen LogP contribution in [-0.4, -0.2) is 70.1 Å². The Balaban J connectivity index is 1.34. The van der Waals surface area contributed by atoms with Gasteiger partial charge in [-0.05, 0) is 44.0 Å². The van der Waals surface area contributed by atoms with Crippen molar-refractivity contribution < 1.29 is 12.8 Å². The molecule has 2 aliphatic rings. The minimum atomic E-state index is -3.42. The van der Waals surface area contributed by atoms with Crippen molar-refractivity contribution in [3.05, 3.63) is 52.9 Å². The van der Waals surface area contributed by atoms with Crippen molar-refractivity contribution >= 4 is 27.6 Å². The number of aromatic nitrogens is 4.